The molecule has 0 spiro atoms. The van der Waals surface area contributed by atoms with Crippen molar-refractivity contribution in [2.45, 2.75) is 26.3 Å². The molecule has 5 rings (SSSR count). The molecule has 0 radical (unpaired) electrons. The second kappa shape index (κ2) is 10.1. The molecule has 4 heterocycles. The molecule has 1 aromatic carbocycles. The minimum atomic E-state index is -0.961. The highest BCUT2D eigenvalue weighted by atomic mass is 19.1. The average molecular weight is 529 g/mol. The van der Waals surface area contributed by atoms with Crippen LogP contribution in [-0.4, -0.2) is 57.0 Å². The van der Waals surface area contributed by atoms with E-state index in [4.69, 9.17) is 5.73 Å². The van der Waals surface area contributed by atoms with Gasteiger partial charge in [0.15, 0.2) is 0 Å². The molecule has 8 nitrogen and oxygen atoms in total. The Morgan fingerprint density at radius 3 is 2.62 bits per heavy atom. The van der Waals surface area contributed by atoms with E-state index in [2.05, 4.69) is 35.9 Å². The summed E-state index contributed by atoms with van der Waals surface area (Å²) in [5.74, 6) is -0.960. The van der Waals surface area contributed by atoms with Crippen molar-refractivity contribution in [3.05, 3.63) is 93.4 Å². The Hall–Kier alpha value is -4.24. The molecule has 1 amide bonds. The molecule has 0 saturated carbocycles. The zero-order valence-corrected chi connectivity index (χ0v) is 22.9. The van der Waals surface area contributed by atoms with Gasteiger partial charge in [0.2, 0.25) is 5.82 Å². The first-order chi connectivity index (χ1) is 18.6. The Morgan fingerprint density at radius 1 is 1.18 bits per heavy atom. The summed E-state index contributed by atoms with van der Waals surface area (Å²) in [5.41, 5.74) is 11.2. The Morgan fingerprint density at radius 2 is 1.95 bits per heavy atom. The second-order valence-corrected chi connectivity index (χ2v) is 10.3. The third kappa shape index (κ3) is 4.63. The Balaban J connectivity index is 1.42. The van der Waals surface area contributed by atoms with E-state index >= 15 is 0 Å². The number of nitrogens with zero attached hydrogens (tertiary/aromatic N) is 5. The van der Waals surface area contributed by atoms with Crippen LogP contribution in [-0.2, 0) is 7.05 Å². The molecule has 39 heavy (non-hydrogen) atoms. The quantitative estimate of drug-likeness (QED) is 0.417. The van der Waals surface area contributed by atoms with Gasteiger partial charge in [-0.3, -0.25) is 19.1 Å². The van der Waals surface area contributed by atoms with Crippen LogP contribution in [0.1, 0.15) is 46.6 Å². The summed E-state index contributed by atoms with van der Waals surface area (Å²) in [7, 11) is 5.48. The number of aromatic nitrogens is 3. The average Bonchev–Trinajstić information content (AvgIpc) is 3.27. The molecule has 1 aliphatic heterocycles. The minimum absolute atomic E-state index is 0.00119. The lowest BCUT2D eigenvalue weighted by atomic mass is 9.93. The summed E-state index contributed by atoms with van der Waals surface area (Å²) in [6, 6.07) is 11.1. The number of hydrogen-bond donors (Lipinski definition) is 1. The molecule has 2 N–H and O–H groups in total. The number of carbonyl (C=O) groups is 1. The van der Waals surface area contributed by atoms with Gasteiger partial charge in [0.05, 0.1) is 11.4 Å². The van der Waals surface area contributed by atoms with Crippen LogP contribution in [0.3, 0.4) is 0 Å². The topological polar surface area (TPSA) is 89.4 Å². The molecule has 0 saturated heterocycles. The first kappa shape index (κ1) is 26.4. The largest absolute Gasteiger partial charge is 0.396 e. The van der Waals surface area contributed by atoms with Crippen molar-refractivity contribution >= 4 is 28.2 Å². The van der Waals surface area contributed by atoms with Crippen LogP contribution in [0, 0.1) is 12.7 Å². The van der Waals surface area contributed by atoms with Crippen LogP contribution in [0.4, 0.5) is 10.1 Å². The van der Waals surface area contributed by atoms with Crippen molar-refractivity contribution in [2.75, 3.05) is 32.9 Å². The van der Waals surface area contributed by atoms with Crippen molar-refractivity contribution in [1.82, 2.24) is 23.9 Å². The van der Waals surface area contributed by atoms with E-state index in [9.17, 15) is 14.0 Å². The van der Waals surface area contributed by atoms with Gasteiger partial charge in [-0.1, -0.05) is 12.1 Å². The zero-order chi connectivity index (χ0) is 28.0. The fourth-order valence-corrected chi connectivity index (χ4v) is 5.43. The van der Waals surface area contributed by atoms with Gasteiger partial charge >= 0.3 is 0 Å². The fraction of sp³-hybridized carbons (Fsp3) is 0.300. The molecular formula is C30H33FN6O2. The number of anilines is 1. The number of rotatable bonds is 5. The van der Waals surface area contributed by atoms with Crippen LogP contribution in [0.2, 0.25) is 0 Å². The standard InChI is InChI=1S/C30H33FN6O2/c1-18-16-21(29(38)34(3)4)6-7-22(18)20-9-13-36(14-10-20)19(2)26-17-23-25(8-12-33-28(23)35(26)5)37-15-11-24(32)27(31)30(37)39/h6-9,11-12,15-17,19H,10,13-14,32H2,1-5H3/t19-/m0/s1. The molecule has 4 aromatic rings. The maximum absolute atomic E-state index is 14.3. The van der Waals surface area contributed by atoms with Crippen molar-refractivity contribution < 1.29 is 9.18 Å². The van der Waals surface area contributed by atoms with Crippen LogP contribution in [0.15, 0.2) is 59.7 Å². The highest BCUT2D eigenvalue weighted by molar-refractivity contribution is 5.94. The molecule has 202 valence electrons. The van der Waals surface area contributed by atoms with Crippen molar-refractivity contribution in [3.63, 3.8) is 0 Å². The van der Waals surface area contributed by atoms with Gasteiger partial charge in [0.1, 0.15) is 5.65 Å². The summed E-state index contributed by atoms with van der Waals surface area (Å²) in [4.78, 5) is 33.5. The van der Waals surface area contributed by atoms with E-state index in [1.165, 1.54) is 28.0 Å². The summed E-state index contributed by atoms with van der Waals surface area (Å²) in [5, 5.41) is 0.768. The summed E-state index contributed by atoms with van der Waals surface area (Å²) >= 11 is 0. The van der Waals surface area contributed by atoms with E-state index in [0.29, 0.717) is 11.3 Å². The van der Waals surface area contributed by atoms with E-state index in [1.54, 1.807) is 31.3 Å². The molecule has 0 fully saturated rings. The van der Waals surface area contributed by atoms with Crippen molar-refractivity contribution in [1.29, 1.82) is 0 Å². The highest BCUT2D eigenvalue weighted by Crippen LogP contribution is 2.33. The van der Waals surface area contributed by atoms with Gasteiger partial charge in [-0.15, -0.1) is 0 Å². The Labute approximate surface area is 226 Å². The number of hydrogen-bond acceptors (Lipinski definition) is 5. The molecular weight excluding hydrogens is 495 g/mol. The molecule has 0 bridgehead atoms. The van der Waals surface area contributed by atoms with Crippen LogP contribution in [0.25, 0.3) is 22.3 Å². The number of benzene rings is 1. The minimum Gasteiger partial charge on any atom is -0.396 e. The number of fused-ring (bicyclic) bond motifs is 1. The number of nitrogen functional groups attached to an aromatic ring is 1. The van der Waals surface area contributed by atoms with Crippen LogP contribution < -0.4 is 11.3 Å². The molecule has 0 aliphatic carbocycles. The first-order valence-corrected chi connectivity index (χ1v) is 13.0. The second-order valence-electron chi connectivity index (χ2n) is 10.3. The molecule has 0 unspecified atom stereocenters. The van der Waals surface area contributed by atoms with E-state index in [1.807, 2.05) is 29.8 Å². The third-order valence-corrected chi connectivity index (χ3v) is 7.71. The lowest BCUT2D eigenvalue weighted by Crippen LogP contribution is -2.32. The van der Waals surface area contributed by atoms with Gasteiger partial charge in [0.25, 0.3) is 11.5 Å². The number of aryl methyl sites for hydroxylation is 2. The summed E-state index contributed by atoms with van der Waals surface area (Å²) in [6.07, 6.45) is 6.27. The van der Waals surface area contributed by atoms with Gasteiger partial charge in [-0.05, 0) is 67.3 Å². The number of pyridine rings is 2. The first-order valence-electron chi connectivity index (χ1n) is 13.0. The number of nitrogens with two attached hydrogens (primary N) is 1. The molecule has 3 aromatic heterocycles. The molecule has 9 heteroatoms. The lowest BCUT2D eigenvalue weighted by molar-refractivity contribution is 0.0827. The predicted molar refractivity (Wildman–Crippen MR) is 152 cm³/mol. The number of carbonyl (C=O) groups excluding carboxylic acids is 1. The zero-order valence-electron chi connectivity index (χ0n) is 22.9. The summed E-state index contributed by atoms with van der Waals surface area (Å²) < 4.78 is 17.6. The van der Waals surface area contributed by atoms with E-state index in [-0.39, 0.29) is 17.6 Å². The van der Waals surface area contributed by atoms with Gasteiger partial charge in [-0.2, -0.15) is 4.39 Å². The van der Waals surface area contributed by atoms with Gasteiger partial charge < -0.3 is 15.2 Å². The molecule has 1 aliphatic rings. The number of halogens is 1. The highest BCUT2D eigenvalue weighted by Gasteiger charge is 2.24. The lowest BCUT2D eigenvalue weighted by Gasteiger charge is -2.32. The maximum Gasteiger partial charge on any atom is 0.293 e. The van der Waals surface area contributed by atoms with Crippen molar-refractivity contribution in [2.24, 2.45) is 7.05 Å². The van der Waals surface area contributed by atoms with Crippen molar-refractivity contribution in [3.8, 4) is 5.69 Å². The monoisotopic (exact) mass is 528 g/mol. The normalized spacial score (nSPS) is 14.9. The number of amides is 1. The molecule has 1 atom stereocenters. The van der Waals surface area contributed by atoms with Gasteiger partial charge in [-0.25, -0.2) is 4.98 Å². The van der Waals surface area contributed by atoms with E-state index < -0.39 is 11.4 Å². The fourth-order valence-electron chi connectivity index (χ4n) is 5.43. The Kier molecular flexibility index (Phi) is 6.86. The third-order valence-electron chi connectivity index (χ3n) is 7.71. The Bertz CT molecular complexity index is 1680. The van der Waals surface area contributed by atoms with Crippen LogP contribution >= 0.6 is 0 Å². The van der Waals surface area contributed by atoms with Crippen LogP contribution in [0.5, 0.6) is 0 Å². The maximum atomic E-state index is 14.3. The smallest absolute Gasteiger partial charge is 0.293 e. The van der Waals surface area contributed by atoms with E-state index in [0.717, 1.165) is 41.8 Å². The predicted octanol–water partition coefficient (Wildman–Crippen LogP) is 4.31. The SMILES string of the molecule is Cc1cc(C(=O)N(C)C)ccc1C1=CCN([C@@H](C)c2cc3c(-n4ccc(N)c(F)c4=O)ccnc3n2C)CC1. The van der Waals surface area contributed by atoms with Gasteiger partial charge in [0, 0.05) is 69.3 Å². The summed E-state index contributed by atoms with van der Waals surface area (Å²) in [6.45, 7) is 5.86.